The molecule has 0 bridgehead atoms. The molecule has 74 valence electrons. The Balaban J connectivity index is 2.83. The van der Waals surface area contributed by atoms with Gasteiger partial charge >= 0.3 is 0 Å². The maximum absolute atomic E-state index is 8.92. The van der Waals surface area contributed by atoms with E-state index in [1.54, 1.807) is 0 Å². The fourth-order valence-electron chi connectivity index (χ4n) is 1.57. The lowest BCUT2D eigenvalue weighted by Gasteiger charge is -2.03. The zero-order valence-electron chi connectivity index (χ0n) is 8.29. The van der Waals surface area contributed by atoms with Gasteiger partial charge in [-0.05, 0) is 18.1 Å². The van der Waals surface area contributed by atoms with Crippen LogP contribution in [0.2, 0.25) is 5.15 Å². The molecule has 15 heavy (non-hydrogen) atoms. The Bertz CT molecular complexity index is 555. The Morgan fingerprint density at radius 1 is 1.40 bits per heavy atom. The van der Waals surface area contributed by atoms with E-state index in [9.17, 15) is 0 Å². The third-order valence-electron chi connectivity index (χ3n) is 2.43. The first-order valence-corrected chi connectivity index (χ1v) is 5.11. The highest BCUT2D eigenvalue weighted by molar-refractivity contribution is 6.34. The lowest BCUT2D eigenvalue weighted by atomic mass is 10.0. The smallest absolute Gasteiger partial charge is 0.136 e. The third-order valence-corrected chi connectivity index (χ3v) is 2.73. The molecule has 3 heteroatoms. The third kappa shape index (κ3) is 1.67. The molecule has 0 spiro atoms. The van der Waals surface area contributed by atoms with Crippen LogP contribution < -0.4 is 0 Å². The van der Waals surface area contributed by atoms with Crippen LogP contribution in [0.25, 0.3) is 10.8 Å². The van der Waals surface area contributed by atoms with Crippen molar-refractivity contribution in [3.63, 3.8) is 0 Å². The first-order valence-electron chi connectivity index (χ1n) is 4.73. The van der Waals surface area contributed by atoms with E-state index in [0.29, 0.717) is 10.7 Å². The summed E-state index contributed by atoms with van der Waals surface area (Å²) in [5.41, 5.74) is 1.76. The first kappa shape index (κ1) is 9.95. The van der Waals surface area contributed by atoms with Crippen LogP contribution in [0.4, 0.5) is 0 Å². The molecule has 0 N–H and O–H groups in total. The minimum Gasteiger partial charge on any atom is -0.243 e. The Morgan fingerprint density at radius 2 is 2.20 bits per heavy atom. The van der Waals surface area contributed by atoms with Gasteiger partial charge in [-0.2, -0.15) is 5.26 Å². The molecule has 0 aliphatic rings. The number of nitriles is 1. The van der Waals surface area contributed by atoms with Crippen LogP contribution in [-0.4, -0.2) is 4.98 Å². The second-order valence-electron chi connectivity index (χ2n) is 3.31. The van der Waals surface area contributed by atoms with Crippen molar-refractivity contribution in [3.8, 4) is 6.07 Å². The number of aromatic nitrogens is 1. The summed E-state index contributed by atoms with van der Waals surface area (Å²) in [5.74, 6) is 0. The van der Waals surface area contributed by atoms with Gasteiger partial charge in [-0.25, -0.2) is 4.98 Å². The Hall–Kier alpha value is -1.59. The van der Waals surface area contributed by atoms with E-state index in [4.69, 9.17) is 16.9 Å². The highest BCUT2D eigenvalue weighted by atomic mass is 35.5. The normalized spacial score (nSPS) is 10.2. The number of fused-ring (bicyclic) bond motifs is 1. The SMILES string of the molecule is CCc1ccc2c(C#N)cnc(Cl)c2c1. The van der Waals surface area contributed by atoms with E-state index < -0.39 is 0 Å². The van der Waals surface area contributed by atoms with E-state index >= 15 is 0 Å². The summed E-state index contributed by atoms with van der Waals surface area (Å²) in [4.78, 5) is 4.00. The van der Waals surface area contributed by atoms with Crippen molar-refractivity contribution in [1.82, 2.24) is 4.98 Å². The summed E-state index contributed by atoms with van der Waals surface area (Å²) in [6.07, 6.45) is 2.46. The van der Waals surface area contributed by atoms with Crippen LogP contribution in [0.15, 0.2) is 24.4 Å². The van der Waals surface area contributed by atoms with E-state index in [1.807, 2.05) is 18.2 Å². The predicted octanol–water partition coefficient (Wildman–Crippen LogP) is 3.32. The summed E-state index contributed by atoms with van der Waals surface area (Å²) in [7, 11) is 0. The minimum atomic E-state index is 0.458. The number of halogens is 1. The lowest BCUT2D eigenvalue weighted by Crippen LogP contribution is -1.87. The Labute approximate surface area is 93.1 Å². The van der Waals surface area contributed by atoms with E-state index in [0.717, 1.165) is 17.2 Å². The standard InChI is InChI=1S/C12H9ClN2/c1-2-8-3-4-10-9(6-14)7-15-12(13)11(10)5-8/h3-5,7H,2H2,1H3. The molecule has 2 rings (SSSR count). The van der Waals surface area contributed by atoms with Crippen molar-refractivity contribution >= 4 is 22.4 Å². The van der Waals surface area contributed by atoms with Gasteiger partial charge < -0.3 is 0 Å². The van der Waals surface area contributed by atoms with Crippen LogP contribution in [0.1, 0.15) is 18.1 Å². The Kier molecular flexibility index (Phi) is 2.57. The zero-order valence-corrected chi connectivity index (χ0v) is 9.04. The molecule has 0 saturated carbocycles. The lowest BCUT2D eigenvalue weighted by molar-refractivity contribution is 1.14. The number of pyridine rings is 1. The fourth-order valence-corrected chi connectivity index (χ4v) is 1.77. The highest BCUT2D eigenvalue weighted by Crippen LogP contribution is 2.25. The summed E-state index contributed by atoms with van der Waals surface area (Å²) in [6.45, 7) is 2.08. The number of benzene rings is 1. The van der Waals surface area contributed by atoms with Crippen molar-refractivity contribution in [2.75, 3.05) is 0 Å². The van der Waals surface area contributed by atoms with Gasteiger partial charge in [-0.3, -0.25) is 0 Å². The van der Waals surface area contributed by atoms with Crippen molar-refractivity contribution < 1.29 is 0 Å². The van der Waals surface area contributed by atoms with Crippen molar-refractivity contribution in [3.05, 3.63) is 40.7 Å². The molecular weight excluding hydrogens is 208 g/mol. The molecule has 0 unspecified atom stereocenters. The molecule has 1 heterocycles. The molecule has 2 aromatic rings. The quantitative estimate of drug-likeness (QED) is 0.686. The van der Waals surface area contributed by atoms with Crippen molar-refractivity contribution in [1.29, 1.82) is 5.26 Å². The molecule has 1 aromatic carbocycles. The summed E-state index contributed by atoms with van der Waals surface area (Å²) in [5, 5.41) is 11.1. The van der Waals surface area contributed by atoms with Gasteiger partial charge in [0.15, 0.2) is 0 Å². The average molecular weight is 217 g/mol. The molecule has 0 aliphatic carbocycles. The van der Waals surface area contributed by atoms with Crippen LogP contribution >= 0.6 is 11.6 Å². The maximum Gasteiger partial charge on any atom is 0.136 e. The molecule has 0 atom stereocenters. The fraction of sp³-hybridized carbons (Fsp3) is 0.167. The van der Waals surface area contributed by atoms with E-state index in [1.165, 1.54) is 11.8 Å². The minimum absolute atomic E-state index is 0.458. The molecule has 0 saturated heterocycles. The van der Waals surface area contributed by atoms with E-state index in [-0.39, 0.29) is 0 Å². The molecule has 2 nitrogen and oxygen atoms in total. The van der Waals surface area contributed by atoms with Gasteiger partial charge in [0, 0.05) is 17.0 Å². The van der Waals surface area contributed by atoms with Gasteiger partial charge in [-0.1, -0.05) is 30.7 Å². The van der Waals surface area contributed by atoms with Crippen molar-refractivity contribution in [2.45, 2.75) is 13.3 Å². The molecule has 0 fully saturated rings. The summed E-state index contributed by atoms with van der Waals surface area (Å²) >= 11 is 5.99. The van der Waals surface area contributed by atoms with Crippen molar-refractivity contribution in [2.24, 2.45) is 0 Å². The largest absolute Gasteiger partial charge is 0.243 e. The zero-order chi connectivity index (χ0) is 10.8. The van der Waals surface area contributed by atoms with Gasteiger partial charge in [0.25, 0.3) is 0 Å². The van der Waals surface area contributed by atoms with Gasteiger partial charge in [0.1, 0.15) is 11.2 Å². The van der Waals surface area contributed by atoms with Crippen LogP contribution in [0.5, 0.6) is 0 Å². The van der Waals surface area contributed by atoms with Crippen LogP contribution in [0, 0.1) is 11.3 Å². The molecule has 0 amide bonds. The molecule has 0 radical (unpaired) electrons. The highest BCUT2D eigenvalue weighted by Gasteiger charge is 2.05. The maximum atomic E-state index is 8.92. The molecule has 0 aliphatic heterocycles. The molecule has 1 aromatic heterocycles. The number of rotatable bonds is 1. The van der Waals surface area contributed by atoms with E-state index in [2.05, 4.69) is 18.0 Å². The number of aryl methyl sites for hydroxylation is 1. The predicted molar refractivity (Wildman–Crippen MR) is 60.8 cm³/mol. The second kappa shape index (κ2) is 3.88. The molecular formula is C12H9ClN2. The average Bonchev–Trinajstić information content (AvgIpc) is 2.29. The number of hydrogen-bond acceptors (Lipinski definition) is 2. The summed E-state index contributed by atoms with van der Waals surface area (Å²) < 4.78 is 0. The Morgan fingerprint density at radius 3 is 2.87 bits per heavy atom. The monoisotopic (exact) mass is 216 g/mol. The van der Waals surface area contributed by atoms with Gasteiger partial charge in [0.05, 0.1) is 5.56 Å². The number of nitrogens with zero attached hydrogens (tertiary/aromatic N) is 2. The first-order chi connectivity index (χ1) is 7.26. The van der Waals surface area contributed by atoms with Crippen LogP contribution in [-0.2, 0) is 6.42 Å². The van der Waals surface area contributed by atoms with Gasteiger partial charge in [0.2, 0.25) is 0 Å². The summed E-state index contributed by atoms with van der Waals surface area (Å²) in [6, 6.07) is 8.05. The van der Waals surface area contributed by atoms with Gasteiger partial charge in [-0.15, -0.1) is 0 Å². The number of hydrogen-bond donors (Lipinski definition) is 0. The second-order valence-corrected chi connectivity index (χ2v) is 3.67. The topological polar surface area (TPSA) is 36.7 Å². The van der Waals surface area contributed by atoms with Crippen LogP contribution in [0.3, 0.4) is 0 Å².